The highest BCUT2D eigenvalue weighted by Gasteiger charge is 2.29. The monoisotopic (exact) mass is 276 g/mol. The average molecular weight is 276 g/mol. The van der Waals surface area contributed by atoms with Crippen LogP contribution in [-0.4, -0.2) is 22.4 Å². The lowest BCUT2D eigenvalue weighted by Gasteiger charge is -2.25. The van der Waals surface area contributed by atoms with Gasteiger partial charge in [-0.1, -0.05) is 0 Å². The molecular formula is C14H16N2O2S. The molecule has 3 rings (SSSR count). The van der Waals surface area contributed by atoms with Gasteiger partial charge in [0.05, 0.1) is 23.4 Å². The van der Waals surface area contributed by atoms with Gasteiger partial charge in [0.25, 0.3) is 0 Å². The summed E-state index contributed by atoms with van der Waals surface area (Å²) in [7, 11) is 1.47. The number of fused-ring (bicyclic) bond motifs is 1. The fourth-order valence-corrected chi connectivity index (χ4v) is 3.70. The molecule has 0 aromatic carbocycles. The topological polar surface area (TPSA) is 52.1 Å². The first-order valence-corrected chi connectivity index (χ1v) is 7.34. The maximum atomic E-state index is 11.5. The molecule has 0 bridgehead atoms. The molecule has 0 unspecified atom stereocenters. The highest BCUT2D eigenvalue weighted by molar-refractivity contribution is 7.13. The Balaban J connectivity index is 1.77. The number of aromatic nitrogens is 2. The van der Waals surface area contributed by atoms with Gasteiger partial charge in [0.15, 0.2) is 0 Å². The number of hydrogen-bond acceptors (Lipinski definition) is 5. The molecule has 0 amide bonds. The third kappa shape index (κ3) is 2.34. The molecule has 5 heteroatoms. The van der Waals surface area contributed by atoms with Crippen LogP contribution in [0.3, 0.4) is 0 Å². The van der Waals surface area contributed by atoms with Gasteiger partial charge in [-0.3, -0.25) is 9.78 Å². The third-order valence-electron chi connectivity index (χ3n) is 3.95. The van der Waals surface area contributed by atoms with Gasteiger partial charge in [-0.2, -0.15) is 4.37 Å². The highest BCUT2D eigenvalue weighted by atomic mass is 32.1. The van der Waals surface area contributed by atoms with Crippen LogP contribution in [0.25, 0.3) is 10.1 Å². The molecule has 19 heavy (non-hydrogen) atoms. The smallest absolute Gasteiger partial charge is 0.308 e. The molecule has 2 aromatic rings. The van der Waals surface area contributed by atoms with E-state index in [1.807, 2.05) is 18.5 Å². The second-order valence-corrected chi connectivity index (χ2v) is 5.82. The Labute approximate surface area is 116 Å². The molecular weight excluding hydrogens is 260 g/mol. The zero-order chi connectivity index (χ0) is 13.2. The van der Waals surface area contributed by atoms with Gasteiger partial charge in [-0.15, -0.1) is 0 Å². The highest BCUT2D eigenvalue weighted by Crippen LogP contribution is 2.39. The van der Waals surface area contributed by atoms with Crippen LogP contribution in [-0.2, 0) is 9.53 Å². The van der Waals surface area contributed by atoms with Crippen LogP contribution in [0.15, 0.2) is 18.5 Å². The van der Waals surface area contributed by atoms with E-state index in [1.165, 1.54) is 29.7 Å². The number of carbonyl (C=O) groups excluding carboxylic acids is 1. The van der Waals surface area contributed by atoms with Crippen molar-refractivity contribution in [2.45, 2.75) is 31.6 Å². The number of methoxy groups -OCH3 is 1. The van der Waals surface area contributed by atoms with Gasteiger partial charge in [0.2, 0.25) is 0 Å². The van der Waals surface area contributed by atoms with Crippen molar-refractivity contribution in [3.8, 4) is 0 Å². The summed E-state index contributed by atoms with van der Waals surface area (Å²) in [5, 5.41) is 1.22. The Bertz CT molecular complexity index is 588. The van der Waals surface area contributed by atoms with Crippen LogP contribution in [0.1, 0.15) is 37.3 Å². The number of carbonyl (C=O) groups is 1. The average Bonchev–Trinajstić information content (AvgIpc) is 2.90. The van der Waals surface area contributed by atoms with Crippen molar-refractivity contribution < 1.29 is 9.53 Å². The van der Waals surface area contributed by atoms with Crippen LogP contribution in [0.5, 0.6) is 0 Å². The Kier molecular flexibility index (Phi) is 3.46. The summed E-state index contributed by atoms with van der Waals surface area (Å²) in [4.78, 5) is 15.7. The van der Waals surface area contributed by atoms with Crippen LogP contribution < -0.4 is 0 Å². The number of pyridine rings is 1. The van der Waals surface area contributed by atoms with E-state index in [0.717, 1.165) is 30.4 Å². The number of nitrogens with zero attached hydrogens (tertiary/aromatic N) is 2. The Morgan fingerprint density at radius 2 is 2.16 bits per heavy atom. The van der Waals surface area contributed by atoms with Crippen molar-refractivity contribution in [3.05, 3.63) is 24.2 Å². The number of rotatable bonds is 2. The fraction of sp³-hybridized carbons (Fsp3) is 0.500. The molecule has 1 aliphatic carbocycles. The maximum absolute atomic E-state index is 11.5. The normalized spacial score (nSPS) is 23.4. The molecule has 1 fully saturated rings. The molecule has 0 saturated heterocycles. The first-order valence-electron chi connectivity index (χ1n) is 6.56. The molecule has 2 heterocycles. The molecule has 4 nitrogen and oxygen atoms in total. The Morgan fingerprint density at radius 3 is 2.89 bits per heavy atom. The minimum absolute atomic E-state index is 0.0641. The van der Waals surface area contributed by atoms with Gasteiger partial charge in [-0.25, -0.2) is 0 Å². The summed E-state index contributed by atoms with van der Waals surface area (Å²) < 4.78 is 10.6. The van der Waals surface area contributed by atoms with Crippen molar-refractivity contribution in [3.63, 3.8) is 0 Å². The van der Waals surface area contributed by atoms with E-state index in [4.69, 9.17) is 4.74 Å². The van der Waals surface area contributed by atoms with Crippen molar-refractivity contribution in [2.24, 2.45) is 5.92 Å². The number of ether oxygens (including phenoxy) is 1. The van der Waals surface area contributed by atoms with Gasteiger partial charge in [-0.05, 0) is 43.3 Å². The second kappa shape index (κ2) is 5.25. The molecule has 0 radical (unpaired) electrons. The second-order valence-electron chi connectivity index (χ2n) is 5.01. The van der Waals surface area contributed by atoms with Gasteiger partial charge < -0.3 is 4.74 Å². The molecule has 0 spiro atoms. The van der Waals surface area contributed by atoms with Crippen LogP contribution >= 0.6 is 11.5 Å². The summed E-state index contributed by atoms with van der Waals surface area (Å²) >= 11 is 1.52. The fourth-order valence-electron chi connectivity index (χ4n) is 2.88. The summed E-state index contributed by atoms with van der Waals surface area (Å²) in [6, 6.07) is 2.04. The standard InChI is InChI=1S/C14H16N2O2S/c1-18-14(17)10-4-2-9(3-5-10)13-11-6-7-15-8-12(11)19-16-13/h6-10H,2-5H2,1H3/t9-,10-. The molecule has 0 atom stereocenters. The quantitative estimate of drug-likeness (QED) is 0.791. The zero-order valence-electron chi connectivity index (χ0n) is 10.8. The third-order valence-corrected chi connectivity index (χ3v) is 4.76. The van der Waals surface area contributed by atoms with Gasteiger partial charge in [0, 0.05) is 23.7 Å². The first-order chi connectivity index (χ1) is 9.29. The maximum Gasteiger partial charge on any atom is 0.308 e. The molecule has 1 saturated carbocycles. The number of esters is 1. The lowest BCUT2D eigenvalue weighted by molar-refractivity contribution is -0.146. The SMILES string of the molecule is COC(=O)[C@H]1CC[C@H](c2nsc3cnccc32)CC1. The lowest BCUT2D eigenvalue weighted by atomic mass is 9.80. The van der Waals surface area contributed by atoms with Crippen molar-refractivity contribution in [1.82, 2.24) is 9.36 Å². The van der Waals surface area contributed by atoms with E-state index >= 15 is 0 Å². The summed E-state index contributed by atoms with van der Waals surface area (Å²) in [6.07, 6.45) is 7.53. The Morgan fingerprint density at radius 1 is 1.37 bits per heavy atom. The van der Waals surface area contributed by atoms with Crippen LogP contribution in [0, 0.1) is 5.92 Å². The molecule has 1 aliphatic rings. The van der Waals surface area contributed by atoms with E-state index in [9.17, 15) is 4.79 Å². The number of hydrogen-bond donors (Lipinski definition) is 0. The minimum Gasteiger partial charge on any atom is -0.469 e. The largest absolute Gasteiger partial charge is 0.469 e. The van der Waals surface area contributed by atoms with Crippen molar-refractivity contribution in [2.75, 3.05) is 7.11 Å². The molecule has 100 valence electrons. The van der Waals surface area contributed by atoms with Crippen molar-refractivity contribution >= 4 is 27.6 Å². The predicted octanol–water partition coefficient (Wildman–Crippen LogP) is 3.14. The van der Waals surface area contributed by atoms with Crippen LogP contribution in [0.4, 0.5) is 0 Å². The van der Waals surface area contributed by atoms with E-state index in [1.54, 1.807) is 0 Å². The lowest BCUT2D eigenvalue weighted by Crippen LogP contribution is -2.22. The summed E-state index contributed by atoms with van der Waals surface area (Å²) in [5.74, 6) is 0.482. The zero-order valence-corrected chi connectivity index (χ0v) is 11.7. The Hall–Kier alpha value is -1.49. The minimum atomic E-state index is -0.0641. The van der Waals surface area contributed by atoms with Gasteiger partial charge in [0.1, 0.15) is 0 Å². The molecule has 0 aliphatic heterocycles. The van der Waals surface area contributed by atoms with Gasteiger partial charge >= 0.3 is 5.97 Å². The van der Waals surface area contributed by atoms with E-state index in [2.05, 4.69) is 9.36 Å². The summed E-state index contributed by atoms with van der Waals surface area (Å²) in [6.45, 7) is 0. The molecule has 0 N–H and O–H groups in total. The van der Waals surface area contributed by atoms with E-state index in [0.29, 0.717) is 5.92 Å². The van der Waals surface area contributed by atoms with Crippen LogP contribution in [0.2, 0.25) is 0 Å². The van der Waals surface area contributed by atoms with E-state index < -0.39 is 0 Å². The first kappa shape index (κ1) is 12.5. The predicted molar refractivity (Wildman–Crippen MR) is 74.1 cm³/mol. The van der Waals surface area contributed by atoms with E-state index in [-0.39, 0.29) is 11.9 Å². The molecule has 2 aromatic heterocycles. The van der Waals surface area contributed by atoms with Crippen molar-refractivity contribution in [1.29, 1.82) is 0 Å². The summed E-state index contributed by atoms with van der Waals surface area (Å²) in [5.41, 5.74) is 1.19.